The molecule has 23 heavy (non-hydrogen) atoms. The van der Waals surface area contributed by atoms with Crippen LogP contribution in [0.15, 0.2) is 36.7 Å². The number of likely N-dealkylation sites (N-methyl/N-ethyl adjacent to an activating group) is 1. The number of aliphatic hydroxyl groups excluding tert-OH is 1. The first-order chi connectivity index (χ1) is 11.1. The van der Waals surface area contributed by atoms with Crippen molar-refractivity contribution in [3.8, 4) is 11.1 Å². The van der Waals surface area contributed by atoms with Gasteiger partial charge >= 0.3 is 0 Å². The van der Waals surface area contributed by atoms with Crippen LogP contribution in [0.3, 0.4) is 0 Å². The van der Waals surface area contributed by atoms with E-state index >= 15 is 0 Å². The topological polar surface area (TPSA) is 65.6 Å². The Kier molecular flexibility index (Phi) is 4.82. The number of pyridine rings is 1. The monoisotopic (exact) mass is 332 g/mol. The van der Waals surface area contributed by atoms with E-state index in [0.717, 1.165) is 42.9 Å². The quantitative estimate of drug-likeness (QED) is 0.902. The number of piperazine rings is 1. The van der Waals surface area contributed by atoms with Crippen molar-refractivity contribution in [3.63, 3.8) is 0 Å². The molecule has 0 aliphatic carbocycles. The standard InChI is InChI=1S/C17H21ClN4O/c1-21-6-8-22(9-7-21)17(23)12-2-3-13(15(18)10-12)14-4-5-20-11-16(14)19/h2-5,10-11,17,23H,6-9,19H2,1H3. The number of nitrogen functional groups attached to an aromatic ring is 1. The minimum Gasteiger partial charge on any atom is -0.397 e. The molecule has 1 unspecified atom stereocenters. The van der Waals surface area contributed by atoms with Crippen molar-refractivity contribution < 1.29 is 5.11 Å². The number of benzene rings is 1. The zero-order valence-corrected chi connectivity index (χ0v) is 13.9. The van der Waals surface area contributed by atoms with Crippen LogP contribution < -0.4 is 5.73 Å². The fraction of sp³-hybridized carbons (Fsp3) is 0.353. The largest absolute Gasteiger partial charge is 0.397 e. The molecule has 1 aliphatic heterocycles. The number of aromatic nitrogens is 1. The van der Waals surface area contributed by atoms with Gasteiger partial charge in [-0.25, -0.2) is 0 Å². The molecule has 0 amide bonds. The summed E-state index contributed by atoms with van der Waals surface area (Å²) < 4.78 is 0. The molecule has 1 aliphatic rings. The van der Waals surface area contributed by atoms with Crippen LogP contribution in [0.1, 0.15) is 11.8 Å². The molecule has 122 valence electrons. The summed E-state index contributed by atoms with van der Waals surface area (Å²) in [7, 11) is 2.09. The molecule has 1 aromatic heterocycles. The number of hydrogen-bond donors (Lipinski definition) is 2. The second kappa shape index (κ2) is 6.84. The summed E-state index contributed by atoms with van der Waals surface area (Å²) >= 11 is 6.43. The van der Waals surface area contributed by atoms with E-state index < -0.39 is 6.23 Å². The lowest BCUT2D eigenvalue weighted by Crippen LogP contribution is -2.45. The maximum atomic E-state index is 10.6. The first-order valence-corrected chi connectivity index (χ1v) is 8.04. The Labute approximate surface area is 141 Å². The van der Waals surface area contributed by atoms with Gasteiger partial charge in [-0.3, -0.25) is 9.88 Å². The Morgan fingerprint density at radius 3 is 2.57 bits per heavy atom. The van der Waals surface area contributed by atoms with Gasteiger partial charge in [0.2, 0.25) is 0 Å². The number of hydrogen-bond acceptors (Lipinski definition) is 5. The molecule has 1 atom stereocenters. The summed E-state index contributed by atoms with van der Waals surface area (Å²) in [6.07, 6.45) is 2.67. The van der Waals surface area contributed by atoms with Crippen LogP contribution >= 0.6 is 11.6 Å². The highest BCUT2D eigenvalue weighted by atomic mass is 35.5. The minimum atomic E-state index is -0.634. The van der Waals surface area contributed by atoms with Crippen molar-refractivity contribution >= 4 is 17.3 Å². The average Bonchev–Trinajstić information content (AvgIpc) is 2.56. The number of nitrogens with zero attached hydrogens (tertiary/aromatic N) is 3. The highest BCUT2D eigenvalue weighted by molar-refractivity contribution is 6.33. The molecular formula is C17H21ClN4O. The highest BCUT2D eigenvalue weighted by Crippen LogP contribution is 2.33. The third kappa shape index (κ3) is 3.48. The van der Waals surface area contributed by atoms with Gasteiger partial charge in [0, 0.05) is 48.5 Å². The molecule has 0 radical (unpaired) electrons. The number of aliphatic hydroxyl groups is 1. The first kappa shape index (κ1) is 16.2. The third-order valence-electron chi connectivity index (χ3n) is 4.32. The minimum absolute atomic E-state index is 0.577. The van der Waals surface area contributed by atoms with Crippen LogP contribution in [0.25, 0.3) is 11.1 Å². The van der Waals surface area contributed by atoms with E-state index in [9.17, 15) is 5.11 Å². The molecule has 6 heteroatoms. The van der Waals surface area contributed by atoms with E-state index in [1.165, 1.54) is 0 Å². The van der Waals surface area contributed by atoms with Gasteiger partial charge in [-0.2, -0.15) is 0 Å². The van der Waals surface area contributed by atoms with E-state index in [0.29, 0.717) is 10.7 Å². The Morgan fingerprint density at radius 2 is 1.91 bits per heavy atom. The number of anilines is 1. The summed E-state index contributed by atoms with van der Waals surface area (Å²) in [5, 5.41) is 11.2. The lowest BCUT2D eigenvalue weighted by Gasteiger charge is -2.35. The SMILES string of the molecule is CN1CCN(C(O)c2ccc(-c3ccncc3N)c(Cl)c2)CC1. The fourth-order valence-corrected chi connectivity index (χ4v) is 3.13. The van der Waals surface area contributed by atoms with Crippen LogP contribution in [0, 0.1) is 0 Å². The predicted molar refractivity (Wildman–Crippen MR) is 93.1 cm³/mol. The van der Waals surface area contributed by atoms with E-state index in [1.807, 2.05) is 24.3 Å². The van der Waals surface area contributed by atoms with Crippen LogP contribution in [0.2, 0.25) is 5.02 Å². The van der Waals surface area contributed by atoms with Crippen molar-refractivity contribution in [3.05, 3.63) is 47.2 Å². The van der Waals surface area contributed by atoms with Crippen molar-refractivity contribution in [1.29, 1.82) is 0 Å². The molecule has 5 nitrogen and oxygen atoms in total. The van der Waals surface area contributed by atoms with Gasteiger partial charge < -0.3 is 15.7 Å². The Balaban J connectivity index is 1.83. The van der Waals surface area contributed by atoms with Gasteiger partial charge in [0.25, 0.3) is 0 Å². The molecule has 0 saturated carbocycles. The van der Waals surface area contributed by atoms with Gasteiger partial charge in [-0.05, 0) is 24.7 Å². The summed E-state index contributed by atoms with van der Waals surface area (Å²) in [4.78, 5) is 8.31. The Hall–Kier alpha value is -1.66. The average molecular weight is 333 g/mol. The normalized spacial score (nSPS) is 18.0. The molecule has 1 fully saturated rings. The molecule has 1 aromatic carbocycles. The Bertz CT molecular complexity index is 686. The molecule has 0 bridgehead atoms. The van der Waals surface area contributed by atoms with Gasteiger partial charge in [0.1, 0.15) is 6.23 Å². The maximum Gasteiger partial charge on any atom is 0.133 e. The lowest BCUT2D eigenvalue weighted by molar-refractivity contribution is -0.0232. The number of rotatable bonds is 3. The van der Waals surface area contributed by atoms with Crippen LogP contribution in [-0.4, -0.2) is 53.1 Å². The highest BCUT2D eigenvalue weighted by Gasteiger charge is 2.22. The van der Waals surface area contributed by atoms with Crippen LogP contribution in [0.4, 0.5) is 5.69 Å². The zero-order valence-electron chi connectivity index (χ0n) is 13.1. The second-order valence-corrected chi connectivity index (χ2v) is 6.32. The maximum absolute atomic E-state index is 10.6. The van der Waals surface area contributed by atoms with Crippen LogP contribution in [0.5, 0.6) is 0 Å². The van der Waals surface area contributed by atoms with Gasteiger partial charge in [-0.15, -0.1) is 0 Å². The summed E-state index contributed by atoms with van der Waals surface area (Å²) in [6, 6.07) is 7.47. The molecule has 0 spiro atoms. The smallest absolute Gasteiger partial charge is 0.133 e. The van der Waals surface area contributed by atoms with Crippen molar-refractivity contribution in [1.82, 2.24) is 14.8 Å². The van der Waals surface area contributed by atoms with Crippen molar-refractivity contribution in [2.75, 3.05) is 39.0 Å². The molecule has 1 saturated heterocycles. The van der Waals surface area contributed by atoms with Crippen LogP contribution in [-0.2, 0) is 0 Å². The molecule has 3 N–H and O–H groups in total. The summed E-state index contributed by atoms with van der Waals surface area (Å²) in [5.74, 6) is 0. The molecule has 2 aromatic rings. The summed E-state index contributed by atoms with van der Waals surface area (Å²) in [5.41, 5.74) is 9.05. The van der Waals surface area contributed by atoms with E-state index in [1.54, 1.807) is 12.4 Å². The van der Waals surface area contributed by atoms with Gasteiger partial charge in [0.15, 0.2) is 0 Å². The Morgan fingerprint density at radius 1 is 1.17 bits per heavy atom. The molecule has 2 heterocycles. The first-order valence-electron chi connectivity index (χ1n) is 7.66. The number of nitrogens with two attached hydrogens (primary N) is 1. The van der Waals surface area contributed by atoms with Gasteiger partial charge in [-0.1, -0.05) is 23.7 Å². The van der Waals surface area contributed by atoms with Crippen molar-refractivity contribution in [2.45, 2.75) is 6.23 Å². The van der Waals surface area contributed by atoms with E-state index in [-0.39, 0.29) is 0 Å². The third-order valence-corrected chi connectivity index (χ3v) is 4.63. The predicted octanol–water partition coefficient (Wildman–Crippen LogP) is 2.22. The fourth-order valence-electron chi connectivity index (χ4n) is 2.84. The summed E-state index contributed by atoms with van der Waals surface area (Å²) in [6.45, 7) is 3.59. The number of halogens is 1. The van der Waals surface area contributed by atoms with E-state index in [2.05, 4.69) is 21.8 Å². The van der Waals surface area contributed by atoms with Crippen molar-refractivity contribution in [2.24, 2.45) is 0 Å². The van der Waals surface area contributed by atoms with Gasteiger partial charge in [0.05, 0.1) is 11.9 Å². The molecule has 3 rings (SSSR count). The lowest BCUT2D eigenvalue weighted by atomic mass is 10.0. The van der Waals surface area contributed by atoms with E-state index in [4.69, 9.17) is 17.3 Å². The molecular weight excluding hydrogens is 312 g/mol. The second-order valence-electron chi connectivity index (χ2n) is 5.92. The zero-order chi connectivity index (χ0) is 16.4.